The lowest BCUT2D eigenvalue weighted by Crippen LogP contribution is -2.61. The summed E-state index contributed by atoms with van der Waals surface area (Å²) >= 11 is 0. The van der Waals surface area contributed by atoms with E-state index in [1.807, 2.05) is 0 Å². The van der Waals surface area contributed by atoms with E-state index in [1.165, 1.54) is 38.6 Å². The molecule has 2 saturated carbocycles. The first kappa shape index (κ1) is 12.4. The van der Waals surface area contributed by atoms with Crippen LogP contribution in [0.4, 0.5) is 0 Å². The third kappa shape index (κ3) is 2.02. The van der Waals surface area contributed by atoms with Crippen LogP contribution in [0.15, 0.2) is 0 Å². The van der Waals surface area contributed by atoms with Crippen LogP contribution in [0.3, 0.4) is 0 Å². The third-order valence-electron chi connectivity index (χ3n) is 4.97. The molecule has 0 bridgehead atoms. The van der Waals surface area contributed by atoms with Crippen molar-refractivity contribution in [3.8, 4) is 0 Å². The molecule has 0 saturated heterocycles. The van der Waals surface area contributed by atoms with Crippen LogP contribution in [0.25, 0.3) is 0 Å². The van der Waals surface area contributed by atoms with Crippen molar-refractivity contribution < 1.29 is 0 Å². The fourth-order valence-electron chi connectivity index (χ4n) is 3.83. The second-order valence-electron chi connectivity index (χ2n) is 6.11. The Labute approximate surface area is 101 Å². The topological polar surface area (TPSA) is 29.3 Å². The molecule has 94 valence electrons. The van der Waals surface area contributed by atoms with Gasteiger partial charge in [-0.2, -0.15) is 0 Å². The first-order chi connectivity index (χ1) is 7.64. The molecule has 2 heteroatoms. The molecule has 3 unspecified atom stereocenters. The lowest BCUT2D eigenvalue weighted by molar-refractivity contribution is -0.00652. The van der Waals surface area contributed by atoms with Crippen molar-refractivity contribution in [2.75, 3.05) is 13.1 Å². The zero-order valence-electron chi connectivity index (χ0n) is 11.2. The van der Waals surface area contributed by atoms with Gasteiger partial charge in [0.2, 0.25) is 0 Å². The molecule has 2 nitrogen and oxygen atoms in total. The molecule has 16 heavy (non-hydrogen) atoms. The third-order valence-corrected chi connectivity index (χ3v) is 4.97. The zero-order chi connectivity index (χ0) is 11.8. The number of hydrogen-bond acceptors (Lipinski definition) is 2. The molecule has 2 fully saturated rings. The van der Waals surface area contributed by atoms with Crippen LogP contribution < -0.4 is 5.73 Å². The van der Waals surface area contributed by atoms with Crippen LogP contribution in [0, 0.1) is 11.8 Å². The van der Waals surface area contributed by atoms with Gasteiger partial charge in [-0.15, -0.1) is 0 Å². The van der Waals surface area contributed by atoms with Gasteiger partial charge < -0.3 is 5.73 Å². The van der Waals surface area contributed by atoms with Crippen molar-refractivity contribution in [2.45, 2.75) is 64.5 Å². The molecule has 0 radical (unpaired) electrons. The van der Waals surface area contributed by atoms with Crippen LogP contribution in [0.2, 0.25) is 0 Å². The summed E-state index contributed by atoms with van der Waals surface area (Å²) in [6, 6.07) is 0.848. The monoisotopic (exact) mass is 224 g/mol. The van der Waals surface area contributed by atoms with Crippen molar-refractivity contribution >= 4 is 0 Å². The molecular weight excluding hydrogens is 196 g/mol. The summed E-state index contributed by atoms with van der Waals surface area (Å²) in [5.74, 6) is 1.63. The Kier molecular flexibility index (Phi) is 3.60. The highest BCUT2D eigenvalue weighted by Crippen LogP contribution is 2.44. The zero-order valence-corrected chi connectivity index (χ0v) is 11.2. The van der Waals surface area contributed by atoms with Gasteiger partial charge in [0.1, 0.15) is 0 Å². The maximum Gasteiger partial charge on any atom is 0.0362 e. The number of hydrogen-bond donors (Lipinski definition) is 1. The maximum absolute atomic E-state index is 6.19. The molecular formula is C14H28N2. The molecule has 2 aliphatic carbocycles. The highest BCUT2D eigenvalue weighted by molar-refractivity contribution is 5.04. The summed E-state index contributed by atoms with van der Waals surface area (Å²) in [5, 5.41) is 0. The first-order valence-electron chi connectivity index (χ1n) is 7.11. The fourth-order valence-corrected chi connectivity index (χ4v) is 3.83. The predicted octanol–water partition coefficient (Wildman–Crippen LogP) is 2.62. The molecule has 0 amide bonds. The minimum absolute atomic E-state index is 0.313. The molecule has 0 spiro atoms. The largest absolute Gasteiger partial charge is 0.329 e. The van der Waals surface area contributed by atoms with Crippen LogP contribution in [0.5, 0.6) is 0 Å². The van der Waals surface area contributed by atoms with Crippen molar-refractivity contribution in [1.29, 1.82) is 0 Å². The highest BCUT2D eigenvalue weighted by atomic mass is 15.3. The summed E-state index contributed by atoms with van der Waals surface area (Å²) in [7, 11) is 0. The number of rotatable bonds is 4. The summed E-state index contributed by atoms with van der Waals surface area (Å²) in [6.07, 6.45) is 6.87. The second-order valence-corrected chi connectivity index (χ2v) is 6.11. The Morgan fingerprint density at radius 1 is 1.19 bits per heavy atom. The average molecular weight is 224 g/mol. The van der Waals surface area contributed by atoms with E-state index < -0.39 is 0 Å². The van der Waals surface area contributed by atoms with E-state index in [1.54, 1.807) is 0 Å². The van der Waals surface area contributed by atoms with Crippen molar-refractivity contribution in [1.82, 2.24) is 4.90 Å². The van der Waals surface area contributed by atoms with Gasteiger partial charge >= 0.3 is 0 Å². The van der Waals surface area contributed by atoms with Crippen molar-refractivity contribution in [3.05, 3.63) is 0 Å². The highest BCUT2D eigenvalue weighted by Gasteiger charge is 2.48. The van der Waals surface area contributed by atoms with Gasteiger partial charge in [0.15, 0.2) is 0 Å². The number of likely N-dealkylation sites (N-methyl/N-ethyl adjacent to an activating group) is 1. The number of nitrogens with zero attached hydrogens (tertiary/aromatic N) is 1. The molecule has 3 atom stereocenters. The number of nitrogens with two attached hydrogens (primary N) is 1. The molecule has 2 N–H and O–H groups in total. The fraction of sp³-hybridized carbons (Fsp3) is 1.00. The normalized spacial score (nSPS) is 40.3. The molecule has 0 aliphatic heterocycles. The minimum Gasteiger partial charge on any atom is -0.329 e. The van der Waals surface area contributed by atoms with E-state index in [-0.39, 0.29) is 0 Å². The van der Waals surface area contributed by atoms with E-state index >= 15 is 0 Å². The maximum atomic E-state index is 6.19. The lowest BCUT2D eigenvalue weighted by atomic mass is 9.68. The predicted molar refractivity (Wildman–Crippen MR) is 69.4 cm³/mol. The Morgan fingerprint density at radius 3 is 2.38 bits per heavy atom. The Hall–Kier alpha value is -0.0800. The van der Waals surface area contributed by atoms with Crippen LogP contribution in [-0.2, 0) is 0 Å². The second kappa shape index (κ2) is 4.66. The Bertz CT molecular complexity index is 237. The summed E-state index contributed by atoms with van der Waals surface area (Å²) in [5.41, 5.74) is 6.50. The molecule has 0 heterocycles. The average Bonchev–Trinajstić information content (AvgIpc) is 3.08. The van der Waals surface area contributed by atoms with Gasteiger partial charge in [-0.1, -0.05) is 27.2 Å². The van der Waals surface area contributed by atoms with Crippen molar-refractivity contribution in [2.24, 2.45) is 17.6 Å². The van der Waals surface area contributed by atoms with E-state index in [9.17, 15) is 0 Å². The van der Waals surface area contributed by atoms with Gasteiger partial charge in [0, 0.05) is 18.1 Å². The van der Waals surface area contributed by atoms with Gasteiger partial charge in [0.05, 0.1) is 0 Å². The quantitative estimate of drug-likeness (QED) is 0.795. The van der Waals surface area contributed by atoms with E-state index in [2.05, 4.69) is 25.7 Å². The standard InChI is InChI=1S/C14H28N2/c1-4-16(13-7-8-13)14(10-15)9-11(2)5-6-12(14)3/h11-13H,4-10,15H2,1-3H3. The summed E-state index contributed by atoms with van der Waals surface area (Å²) in [4.78, 5) is 2.74. The lowest BCUT2D eigenvalue weighted by Gasteiger charge is -2.52. The smallest absolute Gasteiger partial charge is 0.0362 e. The van der Waals surface area contributed by atoms with Crippen LogP contribution in [-0.4, -0.2) is 29.6 Å². The molecule has 2 rings (SSSR count). The van der Waals surface area contributed by atoms with E-state index in [0.717, 1.165) is 24.4 Å². The van der Waals surface area contributed by atoms with E-state index in [0.29, 0.717) is 5.54 Å². The summed E-state index contributed by atoms with van der Waals surface area (Å²) in [6.45, 7) is 9.16. The van der Waals surface area contributed by atoms with Gasteiger partial charge in [-0.05, 0) is 44.1 Å². The van der Waals surface area contributed by atoms with Crippen molar-refractivity contribution in [3.63, 3.8) is 0 Å². The van der Waals surface area contributed by atoms with Gasteiger partial charge in [-0.3, -0.25) is 4.90 Å². The first-order valence-corrected chi connectivity index (χ1v) is 7.11. The Morgan fingerprint density at radius 2 is 1.88 bits per heavy atom. The van der Waals surface area contributed by atoms with Gasteiger partial charge in [0.25, 0.3) is 0 Å². The van der Waals surface area contributed by atoms with Crippen LogP contribution in [0.1, 0.15) is 52.9 Å². The summed E-state index contributed by atoms with van der Waals surface area (Å²) < 4.78 is 0. The molecule has 0 aromatic carbocycles. The molecule has 0 aromatic rings. The SMILES string of the molecule is CCN(C1CC1)C1(CN)CC(C)CCC1C. The van der Waals surface area contributed by atoms with Gasteiger partial charge in [-0.25, -0.2) is 0 Å². The van der Waals surface area contributed by atoms with Crippen LogP contribution >= 0.6 is 0 Å². The Balaban J connectivity index is 2.19. The molecule has 2 aliphatic rings. The minimum atomic E-state index is 0.313. The molecule has 0 aromatic heterocycles. The van der Waals surface area contributed by atoms with E-state index in [4.69, 9.17) is 5.73 Å².